The van der Waals surface area contributed by atoms with E-state index in [0.29, 0.717) is 0 Å². The van der Waals surface area contributed by atoms with E-state index in [1.165, 1.54) is 12.1 Å². The number of rotatable bonds is 8. The molecule has 0 spiro atoms. The maximum Gasteiger partial charge on any atom is 0.136 e. The van der Waals surface area contributed by atoms with Gasteiger partial charge in [-0.15, -0.1) is 0 Å². The number of para-hydroxylation sites is 4. The molecule has 12 rings (SSSR count). The zero-order valence-electron chi connectivity index (χ0n) is 34.7. The van der Waals surface area contributed by atoms with Crippen molar-refractivity contribution in [2.75, 3.05) is 4.90 Å². The topological polar surface area (TPSA) is 21.3 Å². The van der Waals surface area contributed by atoms with E-state index in [-0.39, 0.29) is 5.82 Å². The van der Waals surface area contributed by atoms with E-state index in [4.69, 9.17) is 4.42 Å². The maximum absolute atomic E-state index is 14.2. The van der Waals surface area contributed by atoms with Gasteiger partial charge in [0.25, 0.3) is 0 Å². The van der Waals surface area contributed by atoms with Gasteiger partial charge in [0.15, 0.2) is 0 Å². The Morgan fingerprint density at radius 2 is 0.797 bits per heavy atom. The maximum atomic E-state index is 14.2. The van der Waals surface area contributed by atoms with E-state index in [0.717, 1.165) is 111 Å². The highest BCUT2D eigenvalue weighted by molar-refractivity contribution is 6.10. The minimum Gasteiger partial charge on any atom is -0.456 e. The number of furan rings is 1. The minimum atomic E-state index is -0.256. The standard InChI is InChI=1S/C60H39FN2O/c61-48-27-29-51(30-28-48)63-57-23-9-7-21-53(57)54-31-25-43(38-58(54)63)46-34-45(35-47(36-46)44-26-32-56-55-22-8-10-24-59(55)64-60(56)39-44)41-14-11-13-40(33-41)42-15-12-20-52(37-42)62(49-16-3-1-4-17-49)50-18-5-2-6-19-50/h1-39H. The highest BCUT2D eigenvalue weighted by Gasteiger charge is 2.17. The molecule has 0 aliphatic heterocycles. The van der Waals surface area contributed by atoms with E-state index < -0.39 is 0 Å². The normalized spacial score (nSPS) is 11.5. The number of hydrogen-bond donors (Lipinski definition) is 0. The van der Waals surface area contributed by atoms with E-state index in [1.807, 2.05) is 24.3 Å². The predicted octanol–water partition coefficient (Wildman–Crippen LogP) is 17.0. The van der Waals surface area contributed by atoms with E-state index in [1.54, 1.807) is 0 Å². The van der Waals surface area contributed by atoms with Crippen LogP contribution in [0, 0.1) is 5.82 Å². The first-order valence-electron chi connectivity index (χ1n) is 21.6. The van der Waals surface area contributed by atoms with Crippen molar-refractivity contribution in [1.29, 1.82) is 0 Å². The Bertz CT molecular complexity index is 3640. The van der Waals surface area contributed by atoms with Crippen molar-refractivity contribution in [2.45, 2.75) is 0 Å². The van der Waals surface area contributed by atoms with Gasteiger partial charge in [0.1, 0.15) is 17.0 Å². The Balaban J connectivity index is 1.01. The van der Waals surface area contributed by atoms with Crippen LogP contribution in [0.3, 0.4) is 0 Å². The molecular formula is C60H39FN2O. The summed E-state index contributed by atoms with van der Waals surface area (Å²) in [4.78, 5) is 2.30. The van der Waals surface area contributed by atoms with E-state index >= 15 is 0 Å². The second-order valence-electron chi connectivity index (χ2n) is 16.3. The molecule has 0 aliphatic rings. The lowest BCUT2D eigenvalue weighted by Crippen LogP contribution is -2.09. The minimum absolute atomic E-state index is 0.256. The molecule has 0 unspecified atom stereocenters. The lowest BCUT2D eigenvalue weighted by molar-refractivity contribution is 0.627. The number of halogens is 1. The van der Waals surface area contributed by atoms with Gasteiger partial charge in [-0.3, -0.25) is 0 Å². The summed E-state index contributed by atoms with van der Waals surface area (Å²) in [6, 6.07) is 82.2. The van der Waals surface area contributed by atoms with Crippen LogP contribution in [0.1, 0.15) is 0 Å². The fourth-order valence-corrected chi connectivity index (χ4v) is 9.36. The molecule has 64 heavy (non-hydrogen) atoms. The summed E-state index contributed by atoms with van der Waals surface area (Å²) < 4.78 is 22.9. The van der Waals surface area contributed by atoms with Crippen LogP contribution < -0.4 is 4.90 Å². The summed E-state index contributed by atoms with van der Waals surface area (Å²) in [7, 11) is 0. The van der Waals surface area contributed by atoms with Crippen molar-refractivity contribution >= 4 is 60.8 Å². The van der Waals surface area contributed by atoms with Gasteiger partial charge < -0.3 is 13.9 Å². The number of nitrogens with zero attached hydrogens (tertiary/aromatic N) is 2. The Morgan fingerprint density at radius 1 is 0.312 bits per heavy atom. The molecule has 3 nitrogen and oxygen atoms in total. The quantitative estimate of drug-likeness (QED) is 0.152. The predicted molar refractivity (Wildman–Crippen MR) is 264 cm³/mol. The molecule has 0 radical (unpaired) electrons. The van der Waals surface area contributed by atoms with Gasteiger partial charge in [0, 0.05) is 44.3 Å². The molecule has 0 atom stereocenters. The smallest absolute Gasteiger partial charge is 0.136 e. The van der Waals surface area contributed by atoms with Crippen LogP contribution in [0.15, 0.2) is 241 Å². The van der Waals surface area contributed by atoms with Crippen molar-refractivity contribution in [3.8, 4) is 50.2 Å². The Kier molecular flexibility index (Phi) is 9.01. The lowest BCUT2D eigenvalue weighted by atomic mass is 9.91. The van der Waals surface area contributed by atoms with Crippen LogP contribution in [-0.2, 0) is 0 Å². The first-order chi connectivity index (χ1) is 31.6. The van der Waals surface area contributed by atoms with Gasteiger partial charge in [-0.2, -0.15) is 0 Å². The largest absolute Gasteiger partial charge is 0.456 e. The van der Waals surface area contributed by atoms with Crippen molar-refractivity contribution in [2.24, 2.45) is 0 Å². The average Bonchev–Trinajstić information content (AvgIpc) is 3.90. The Hall–Kier alpha value is -8.47. The SMILES string of the molecule is Fc1ccc(-n2c3ccccc3c3ccc(-c4cc(-c5cccc(-c6cccc(N(c7ccccc7)c7ccccc7)c6)c5)cc(-c5ccc6c(c5)oc5ccccc56)c4)cc32)cc1. The van der Waals surface area contributed by atoms with Crippen LogP contribution in [0.5, 0.6) is 0 Å². The molecule has 0 saturated heterocycles. The number of aromatic nitrogens is 1. The number of hydrogen-bond acceptors (Lipinski definition) is 2. The van der Waals surface area contributed by atoms with Crippen LogP contribution in [0.25, 0.3) is 93.9 Å². The third-order valence-electron chi connectivity index (χ3n) is 12.4. The van der Waals surface area contributed by atoms with Gasteiger partial charge >= 0.3 is 0 Å². The third kappa shape index (κ3) is 6.61. The molecule has 0 amide bonds. The number of fused-ring (bicyclic) bond motifs is 6. The highest BCUT2D eigenvalue weighted by Crippen LogP contribution is 2.41. The summed E-state index contributed by atoms with van der Waals surface area (Å²) in [5, 5.41) is 4.50. The van der Waals surface area contributed by atoms with Gasteiger partial charge in [0.2, 0.25) is 0 Å². The van der Waals surface area contributed by atoms with Crippen LogP contribution in [0.4, 0.5) is 21.5 Å². The lowest BCUT2D eigenvalue weighted by Gasteiger charge is -2.26. The molecule has 2 aromatic heterocycles. The Labute approximate surface area is 370 Å². The molecular weight excluding hydrogens is 784 g/mol. The van der Waals surface area contributed by atoms with Gasteiger partial charge in [-0.25, -0.2) is 4.39 Å². The van der Waals surface area contributed by atoms with Gasteiger partial charge in [-0.1, -0.05) is 121 Å². The summed E-state index contributed by atoms with van der Waals surface area (Å²) in [5.74, 6) is -0.256. The third-order valence-corrected chi connectivity index (χ3v) is 12.4. The summed E-state index contributed by atoms with van der Waals surface area (Å²) >= 11 is 0. The Morgan fingerprint density at radius 3 is 1.50 bits per heavy atom. The number of benzene rings is 10. The molecule has 302 valence electrons. The molecule has 4 heteroatoms. The van der Waals surface area contributed by atoms with Crippen LogP contribution in [-0.4, -0.2) is 4.57 Å². The molecule has 10 aromatic carbocycles. The molecule has 12 aromatic rings. The van der Waals surface area contributed by atoms with Crippen molar-refractivity contribution in [1.82, 2.24) is 4.57 Å². The summed E-state index contributed by atoms with van der Waals surface area (Å²) in [6.45, 7) is 0. The van der Waals surface area contributed by atoms with Crippen LogP contribution in [0.2, 0.25) is 0 Å². The molecule has 0 fully saturated rings. The fourth-order valence-electron chi connectivity index (χ4n) is 9.36. The first-order valence-corrected chi connectivity index (χ1v) is 21.6. The van der Waals surface area contributed by atoms with Crippen molar-refractivity contribution in [3.05, 3.63) is 242 Å². The fraction of sp³-hybridized carbons (Fsp3) is 0. The molecule has 0 N–H and O–H groups in total. The van der Waals surface area contributed by atoms with Crippen LogP contribution >= 0.6 is 0 Å². The van der Waals surface area contributed by atoms with Crippen molar-refractivity contribution < 1.29 is 8.81 Å². The molecule has 2 heterocycles. The zero-order valence-corrected chi connectivity index (χ0v) is 34.7. The van der Waals surface area contributed by atoms with E-state index in [9.17, 15) is 4.39 Å². The molecule has 0 bridgehead atoms. The highest BCUT2D eigenvalue weighted by atomic mass is 19.1. The average molecular weight is 823 g/mol. The second-order valence-corrected chi connectivity index (χ2v) is 16.3. The zero-order chi connectivity index (χ0) is 42.6. The first kappa shape index (κ1) is 37.3. The molecule has 0 saturated carbocycles. The monoisotopic (exact) mass is 822 g/mol. The van der Waals surface area contributed by atoms with E-state index in [2.05, 4.69) is 210 Å². The molecule has 0 aliphatic carbocycles. The van der Waals surface area contributed by atoms with Crippen molar-refractivity contribution in [3.63, 3.8) is 0 Å². The van der Waals surface area contributed by atoms with Gasteiger partial charge in [0.05, 0.1) is 11.0 Å². The summed E-state index contributed by atoms with van der Waals surface area (Å²) in [6.07, 6.45) is 0. The summed E-state index contributed by atoms with van der Waals surface area (Å²) in [5.41, 5.74) is 16.9. The second kappa shape index (κ2) is 15.5. The van der Waals surface area contributed by atoms with Gasteiger partial charge in [-0.05, 0) is 160 Å². The number of anilines is 3.